The molecule has 0 unspecified atom stereocenters. The Kier molecular flexibility index (Phi) is 4.48. The van der Waals surface area contributed by atoms with Crippen molar-refractivity contribution >= 4 is 37.6 Å². The summed E-state index contributed by atoms with van der Waals surface area (Å²) < 4.78 is 27.6. The van der Waals surface area contributed by atoms with Crippen LogP contribution in [-0.4, -0.2) is 34.8 Å². The van der Waals surface area contributed by atoms with Crippen molar-refractivity contribution in [1.29, 1.82) is 0 Å². The van der Waals surface area contributed by atoms with Gasteiger partial charge in [0, 0.05) is 25.7 Å². The molecule has 0 fully saturated rings. The standard InChI is InChI=1S/C11H12BrClN4O2S/c1-16(7-8-4-3-5-9(13)6-8)20(18,19)11-10(12)14-15-17(11)2/h3-6H,7H2,1-2H3. The van der Waals surface area contributed by atoms with Gasteiger partial charge >= 0.3 is 0 Å². The average molecular weight is 380 g/mol. The van der Waals surface area contributed by atoms with Gasteiger partial charge in [-0.2, -0.15) is 4.31 Å². The van der Waals surface area contributed by atoms with E-state index in [-0.39, 0.29) is 16.2 Å². The maximum Gasteiger partial charge on any atom is 0.263 e. The number of nitrogens with zero attached hydrogens (tertiary/aromatic N) is 4. The number of sulfonamides is 1. The maximum absolute atomic E-state index is 12.5. The van der Waals surface area contributed by atoms with E-state index >= 15 is 0 Å². The van der Waals surface area contributed by atoms with Gasteiger partial charge in [-0.25, -0.2) is 13.1 Å². The summed E-state index contributed by atoms with van der Waals surface area (Å²) in [6.45, 7) is 0.209. The van der Waals surface area contributed by atoms with Gasteiger partial charge in [-0.1, -0.05) is 28.9 Å². The highest BCUT2D eigenvalue weighted by Crippen LogP contribution is 2.23. The summed E-state index contributed by atoms with van der Waals surface area (Å²) >= 11 is 8.99. The van der Waals surface area contributed by atoms with E-state index in [4.69, 9.17) is 11.6 Å². The first kappa shape index (κ1) is 15.4. The Morgan fingerprint density at radius 1 is 1.45 bits per heavy atom. The molecule has 1 aromatic carbocycles. The van der Waals surface area contributed by atoms with Gasteiger partial charge in [0.05, 0.1) is 0 Å². The summed E-state index contributed by atoms with van der Waals surface area (Å²) in [6.07, 6.45) is 0. The van der Waals surface area contributed by atoms with E-state index in [1.165, 1.54) is 23.1 Å². The minimum atomic E-state index is -3.69. The molecule has 6 nitrogen and oxygen atoms in total. The fraction of sp³-hybridized carbons (Fsp3) is 0.273. The molecule has 0 aliphatic rings. The second kappa shape index (κ2) is 5.80. The molecule has 0 atom stereocenters. The van der Waals surface area contributed by atoms with Gasteiger partial charge in [0.2, 0.25) is 5.03 Å². The Balaban J connectivity index is 2.31. The van der Waals surface area contributed by atoms with Crippen LogP contribution < -0.4 is 0 Å². The predicted octanol–water partition coefficient (Wildman–Crippen LogP) is 2.05. The van der Waals surface area contributed by atoms with E-state index in [0.29, 0.717) is 5.02 Å². The molecule has 0 saturated carbocycles. The van der Waals surface area contributed by atoms with Crippen LogP contribution in [0.25, 0.3) is 0 Å². The van der Waals surface area contributed by atoms with Crippen molar-refractivity contribution < 1.29 is 8.42 Å². The van der Waals surface area contributed by atoms with E-state index < -0.39 is 10.0 Å². The van der Waals surface area contributed by atoms with Gasteiger partial charge in [-0.3, -0.25) is 0 Å². The molecule has 0 aliphatic heterocycles. The van der Waals surface area contributed by atoms with Gasteiger partial charge in [0.1, 0.15) is 0 Å². The fourth-order valence-corrected chi connectivity index (χ4v) is 4.11. The van der Waals surface area contributed by atoms with Crippen molar-refractivity contribution in [2.24, 2.45) is 7.05 Å². The topological polar surface area (TPSA) is 68.1 Å². The van der Waals surface area contributed by atoms with E-state index in [2.05, 4.69) is 26.2 Å². The van der Waals surface area contributed by atoms with Crippen molar-refractivity contribution in [2.45, 2.75) is 11.6 Å². The Hall–Kier alpha value is -0.960. The first-order valence-electron chi connectivity index (χ1n) is 5.58. The molecule has 2 aromatic rings. The molecule has 0 radical (unpaired) electrons. The maximum atomic E-state index is 12.5. The number of halogens is 2. The summed E-state index contributed by atoms with van der Waals surface area (Å²) in [4.78, 5) is 0. The first-order valence-corrected chi connectivity index (χ1v) is 8.19. The van der Waals surface area contributed by atoms with Crippen molar-refractivity contribution in [3.05, 3.63) is 39.5 Å². The summed E-state index contributed by atoms with van der Waals surface area (Å²) in [5.74, 6) is 0. The molecule has 2 rings (SSSR count). The molecule has 9 heteroatoms. The Morgan fingerprint density at radius 2 is 2.15 bits per heavy atom. The van der Waals surface area contributed by atoms with Crippen LogP contribution in [0.2, 0.25) is 5.02 Å². The number of hydrogen-bond acceptors (Lipinski definition) is 4. The third kappa shape index (κ3) is 3.03. The zero-order valence-electron chi connectivity index (χ0n) is 10.8. The number of benzene rings is 1. The van der Waals surface area contributed by atoms with Crippen molar-refractivity contribution in [3.8, 4) is 0 Å². The van der Waals surface area contributed by atoms with Gasteiger partial charge in [-0.15, -0.1) is 5.10 Å². The van der Waals surface area contributed by atoms with Crippen molar-refractivity contribution in [2.75, 3.05) is 7.05 Å². The largest absolute Gasteiger partial charge is 0.263 e. The second-order valence-corrected chi connectivity index (χ2v) is 7.35. The third-order valence-corrected chi connectivity index (χ3v) is 5.61. The molecule has 1 heterocycles. The normalized spacial score (nSPS) is 12.1. The molecule has 0 spiro atoms. The number of aromatic nitrogens is 3. The SMILES string of the molecule is CN(Cc1cccc(Cl)c1)S(=O)(=O)c1c(Br)nnn1C. The molecule has 0 bridgehead atoms. The van der Waals surface area contributed by atoms with Gasteiger partial charge in [0.15, 0.2) is 4.60 Å². The third-order valence-electron chi connectivity index (χ3n) is 2.69. The Labute approximate surface area is 130 Å². The zero-order chi connectivity index (χ0) is 14.9. The molecular formula is C11H12BrClN4O2S. The van der Waals surface area contributed by atoms with Crippen molar-refractivity contribution in [1.82, 2.24) is 19.3 Å². The molecule has 20 heavy (non-hydrogen) atoms. The van der Waals surface area contributed by atoms with Gasteiger partial charge in [0.25, 0.3) is 10.0 Å². The lowest BCUT2D eigenvalue weighted by Crippen LogP contribution is -2.28. The zero-order valence-corrected chi connectivity index (χ0v) is 13.9. The monoisotopic (exact) mass is 378 g/mol. The van der Waals surface area contributed by atoms with Gasteiger partial charge < -0.3 is 0 Å². The highest BCUT2D eigenvalue weighted by molar-refractivity contribution is 9.10. The highest BCUT2D eigenvalue weighted by Gasteiger charge is 2.28. The van der Waals surface area contributed by atoms with E-state index in [1.807, 2.05) is 6.07 Å². The van der Waals surface area contributed by atoms with Gasteiger partial charge in [-0.05, 0) is 33.6 Å². The molecule has 0 N–H and O–H groups in total. The molecule has 0 amide bonds. The minimum absolute atomic E-state index is 0.0158. The molecule has 108 valence electrons. The molecule has 1 aromatic heterocycles. The molecular weight excluding hydrogens is 368 g/mol. The quantitative estimate of drug-likeness (QED) is 0.815. The second-order valence-electron chi connectivity index (χ2n) is 4.20. The lowest BCUT2D eigenvalue weighted by Gasteiger charge is -2.17. The Bertz CT molecular complexity index is 712. The van der Waals surface area contributed by atoms with Crippen LogP contribution in [0.1, 0.15) is 5.56 Å². The average Bonchev–Trinajstić information content (AvgIpc) is 2.69. The van der Waals surface area contributed by atoms with E-state index in [1.54, 1.807) is 18.2 Å². The van der Waals surface area contributed by atoms with Crippen LogP contribution in [0.5, 0.6) is 0 Å². The Morgan fingerprint density at radius 3 is 2.70 bits per heavy atom. The predicted molar refractivity (Wildman–Crippen MR) is 78.8 cm³/mol. The van der Waals surface area contributed by atoms with Crippen molar-refractivity contribution in [3.63, 3.8) is 0 Å². The molecule has 0 aliphatic carbocycles. The number of aryl methyl sites for hydroxylation is 1. The first-order chi connectivity index (χ1) is 9.32. The van der Waals surface area contributed by atoms with Crippen LogP contribution in [0.4, 0.5) is 0 Å². The van der Waals surface area contributed by atoms with Crippen LogP contribution >= 0.6 is 27.5 Å². The fourth-order valence-electron chi connectivity index (χ4n) is 1.72. The van der Waals surface area contributed by atoms with Crippen LogP contribution in [0, 0.1) is 0 Å². The van der Waals surface area contributed by atoms with Crippen LogP contribution in [0.3, 0.4) is 0 Å². The molecule has 0 saturated heterocycles. The highest BCUT2D eigenvalue weighted by atomic mass is 79.9. The summed E-state index contributed by atoms with van der Waals surface area (Å²) in [6, 6.07) is 7.05. The lowest BCUT2D eigenvalue weighted by atomic mass is 10.2. The number of rotatable bonds is 4. The summed E-state index contributed by atoms with van der Waals surface area (Å²) in [5.41, 5.74) is 0.801. The van der Waals surface area contributed by atoms with E-state index in [0.717, 1.165) is 5.56 Å². The summed E-state index contributed by atoms with van der Waals surface area (Å²) in [7, 11) is -0.665. The smallest absolute Gasteiger partial charge is 0.235 e. The van der Waals surface area contributed by atoms with E-state index in [9.17, 15) is 8.42 Å². The number of hydrogen-bond donors (Lipinski definition) is 0. The minimum Gasteiger partial charge on any atom is -0.235 e. The summed E-state index contributed by atoms with van der Waals surface area (Å²) in [5, 5.41) is 7.95. The van der Waals surface area contributed by atoms with Crippen LogP contribution in [-0.2, 0) is 23.6 Å². The van der Waals surface area contributed by atoms with Crippen LogP contribution in [0.15, 0.2) is 33.9 Å². The lowest BCUT2D eigenvalue weighted by molar-refractivity contribution is 0.456.